The molecule has 0 radical (unpaired) electrons. The minimum absolute atomic E-state index is 0.00683. The van der Waals surface area contributed by atoms with E-state index in [4.69, 9.17) is 23.7 Å². The third-order valence-corrected chi connectivity index (χ3v) is 8.61. The average molecular weight is 656 g/mol. The maximum atomic E-state index is 14.3. The molecule has 3 heterocycles. The Hall–Kier alpha value is -4.82. The zero-order valence-corrected chi connectivity index (χ0v) is 27.1. The highest BCUT2D eigenvalue weighted by Gasteiger charge is 2.46. The van der Waals surface area contributed by atoms with Crippen LogP contribution in [0.4, 0.5) is 5.69 Å². The Bertz CT molecular complexity index is 1660. The number of methoxy groups -OCH3 is 1. The van der Waals surface area contributed by atoms with E-state index in [1.54, 1.807) is 39.8 Å². The summed E-state index contributed by atoms with van der Waals surface area (Å²) in [7, 11) is 1.46. The van der Waals surface area contributed by atoms with Crippen LogP contribution in [0.1, 0.15) is 67.9 Å². The number of aryl methyl sites for hydroxylation is 2. The second kappa shape index (κ2) is 13.4. The van der Waals surface area contributed by atoms with Crippen molar-refractivity contribution < 1.29 is 52.5 Å². The lowest BCUT2D eigenvalue weighted by atomic mass is 10.0. The van der Waals surface area contributed by atoms with Gasteiger partial charge in [0.25, 0.3) is 11.8 Å². The van der Waals surface area contributed by atoms with Crippen molar-refractivity contribution in [3.63, 3.8) is 0 Å². The number of thiophene rings is 2. The Morgan fingerprint density at radius 3 is 1.44 bits per heavy atom. The van der Waals surface area contributed by atoms with Crippen LogP contribution in [0, 0.1) is 13.8 Å². The van der Waals surface area contributed by atoms with Crippen LogP contribution >= 0.6 is 22.7 Å². The quantitative estimate of drug-likeness (QED) is 0.211. The molecule has 0 atom stereocenters. The molecule has 0 saturated carbocycles. The lowest BCUT2D eigenvalue weighted by molar-refractivity contribution is -0.132. The van der Waals surface area contributed by atoms with Crippen LogP contribution in [-0.2, 0) is 28.7 Å². The minimum Gasteiger partial charge on any atom is -0.497 e. The number of rotatable bonds is 10. The van der Waals surface area contributed by atoms with Gasteiger partial charge in [-0.3, -0.25) is 19.2 Å². The summed E-state index contributed by atoms with van der Waals surface area (Å²) in [6, 6.07) is 6.13. The van der Waals surface area contributed by atoms with E-state index in [9.17, 15) is 28.8 Å². The van der Waals surface area contributed by atoms with Gasteiger partial charge in [0.15, 0.2) is 11.5 Å². The van der Waals surface area contributed by atoms with Gasteiger partial charge >= 0.3 is 23.9 Å². The van der Waals surface area contributed by atoms with Crippen molar-refractivity contribution in [2.45, 2.75) is 41.5 Å². The summed E-state index contributed by atoms with van der Waals surface area (Å²) in [5.74, 6) is -4.85. The van der Waals surface area contributed by atoms with Crippen molar-refractivity contribution in [3.8, 4) is 17.2 Å². The number of anilines is 1. The molecule has 0 saturated heterocycles. The molecule has 0 fully saturated rings. The molecular weight excluding hydrogens is 626 g/mol. The number of hydrogen-bond donors (Lipinski definition) is 0. The van der Waals surface area contributed by atoms with Crippen LogP contribution in [-0.4, -0.2) is 56.0 Å². The summed E-state index contributed by atoms with van der Waals surface area (Å²) >= 11 is 1.87. The van der Waals surface area contributed by atoms with E-state index in [1.807, 2.05) is 0 Å². The van der Waals surface area contributed by atoms with Crippen LogP contribution in [0.2, 0.25) is 0 Å². The molecular formula is C31H29NO11S2. The van der Waals surface area contributed by atoms with Crippen LogP contribution in [0.5, 0.6) is 17.2 Å². The van der Waals surface area contributed by atoms with Crippen molar-refractivity contribution in [2.75, 3.05) is 25.2 Å². The highest BCUT2D eigenvalue weighted by atomic mass is 32.1. The standard InChI is InChI=1S/C31H29NO11S2/c1-8-40-30(37)20-14(3)44-26(24(20)42-16(5)33)22-23(29(36)32(28(22)35)18-10-12-19(39-7)13-11-18)27-25(43-17(6)34)21(15(4)45-27)31(38)41-9-2/h10-13H,8-9H2,1-7H3. The first-order valence-electron chi connectivity index (χ1n) is 13.6. The molecule has 12 nitrogen and oxygen atoms in total. The summed E-state index contributed by atoms with van der Waals surface area (Å²) in [6.45, 7) is 8.67. The number of amides is 2. The van der Waals surface area contributed by atoms with E-state index < -0.39 is 35.7 Å². The summed E-state index contributed by atoms with van der Waals surface area (Å²) in [5, 5.41) is 0. The highest BCUT2D eigenvalue weighted by molar-refractivity contribution is 7.16. The number of ether oxygens (including phenoxy) is 5. The average Bonchev–Trinajstić information content (AvgIpc) is 3.55. The number of esters is 4. The van der Waals surface area contributed by atoms with E-state index in [0.717, 1.165) is 41.4 Å². The van der Waals surface area contributed by atoms with Crippen molar-refractivity contribution >= 4 is 75.2 Å². The van der Waals surface area contributed by atoms with E-state index >= 15 is 0 Å². The fourth-order valence-corrected chi connectivity index (χ4v) is 6.88. The summed E-state index contributed by atoms with van der Waals surface area (Å²) < 4.78 is 26.6. The van der Waals surface area contributed by atoms with Gasteiger partial charge in [0.2, 0.25) is 0 Å². The zero-order chi connectivity index (χ0) is 33.2. The Morgan fingerprint density at radius 1 is 0.711 bits per heavy atom. The monoisotopic (exact) mass is 655 g/mol. The van der Waals surface area contributed by atoms with Crippen LogP contribution in [0.25, 0.3) is 11.1 Å². The molecule has 1 aliphatic rings. The lowest BCUT2D eigenvalue weighted by Crippen LogP contribution is -2.31. The number of carbonyl (C=O) groups is 6. The first-order chi connectivity index (χ1) is 21.4. The van der Waals surface area contributed by atoms with Crippen molar-refractivity contribution in [3.05, 3.63) is 54.9 Å². The summed E-state index contributed by atoms with van der Waals surface area (Å²) in [4.78, 5) is 80.8. The number of imide groups is 1. The molecule has 4 rings (SSSR count). The molecule has 0 aliphatic carbocycles. The normalized spacial score (nSPS) is 12.8. The maximum Gasteiger partial charge on any atom is 0.343 e. The van der Waals surface area contributed by atoms with Gasteiger partial charge in [-0.2, -0.15) is 0 Å². The Kier molecular flexibility index (Phi) is 9.88. The molecule has 14 heteroatoms. The molecule has 0 N–H and O–H groups in total. The molecule has 1 aromatic carbocycles. The van der Waals surface area contributed by atoms with Crippen LogP contribution < -0.4 is 19.1 Å². The van der Waals surface area contributed by atoms with Crippen LogP contribution in [0.3, 0.4) is 0 Å². The third-order valence-electron chi connectivity index (χ3n) is 6.40. The predicted molar refractivity (Wildman–Crippen MR) is 165 cm³/mol. The van der Waals surface area contributed by atoms with Gasteiger partial charge in [-0.1, -0.05) is 0 Å². The zero-order valence-electron chi connectivity index (χ0n) is 25.5. The van der Waals surface area contributed by atoms with E-state index in [-0.39, 0.29) is 62.4 Å². The first kappa shape index (κ1) is 33.1. The van der Waals surface area contributed by atoms with E-state index in [2.05, 4.69) is 0 Å². The van der Waals surface area contributed by atoms with Crippen molar-refractivity contribution in [2.24, 2.45) is 0 Å². The molecule has 0 unspecified atom stereocenters. The molecule has 2 amide bonds. The number of benzene rings is 1. The molecule has 45 heavy (non-hydrogen) atoms. The largest absolute Gasteiger partial charge is 0.497 e. The molecule has 0 bridgehead atoms. The smallest absolute Gasteiger partial charge is 0.343 e. The number of carbonyl (C=O) groups excluding carboxylic acids is 6. The van der Waals surface area contributed by atoms with E-state index in [1.165, 1.54) is 19.2 Å². The van der Waals surface area contributed by atoms with Gasteiger partial charge in [0, 0.05) is 23.6 Å². The van der Waals surface area contributed by atoms with Gasteiger partial charge in [-0.15, -0.1) is 22.7 Å². The van der Waals surface area contributed by atoms with Crippen LogP contribution in [0.15, 0.2) is 24.3 Å². The fraction of sp³-hybridized carbons (Fsp3) is 0.290. The molecule has 236 valence electrons. The second-order valence-electron chi connectivity index (χ2n) is 9.40. The summed E-state index contributed by atoms with van der Waals surface area (Å²) in [5.41, 5.74) is -0.464. The highest BCUT2D eigenvalue weighted by Crippen LogP contribution is 2.51. The SMILES string of the molecule is CCOC(=O)c1c(C)sc(C2=C(c3sc(C)c(C(=O)OCC)c3OC(C)=O)C(=O)N(c3ccc(OC)cc3)C2=O)c1OC(C)=O. The van der Waals surface area contributed by atoms with Gasteiger partial charge in [0.05, 0.1) is 46.9 Å². The number of hydrogen-bond acceptors (Lipinski definition) is 13. The van der Waals surface area contributed by atoms with Crippen molar-refractivity contribution in [1.29, 1.82) is 0 Å². The van der Waals surface area contributed by atoms with Gasteiger partial charge in [-0.05, 0) is 52.0 Å². The fourth-order valence-electron chi connectivity index (χ4n) is 4.66. The topological polar surface area (TPSA) is 152 Å². The minimum atomic E-state index is -0.817. The van der Waals surface area contributed by atoms with Gasteiger partial charge in [0.1, 0.15) is 16.9 Å². The van der Waals surface area contributed by atoms with Gasteiger partial charge in [-0.25, -0.2) is 14.5 Å². The third kappa shape index (κ3) is 6.24. The Balaban J connectivity index is 2.10. The Morgan fingerprint density at radius 2 is 1.11 bits per heavy atom. The first-order valence-corrected chi connectivity index (χ1v) is 15.2. The number of nitrogens with zero attached hydrogens (tertiary/aromatic N) is 1. The summed E-state index contributed by atoms with van der Waals surface area (Å²) in [6.07, 6.45) is 0. The lowest BCUT2D eigenvalue weighted by Gasteiger charge is -2.16. The molecule has 1 aliphatic heterocycles. The molecule has 3 aromatic rings. The molecule has 0 spiro atoms. The second-order valence-corrected chi connectivity index (χ2v) is 11.9. The molecule has 2 aromatic heterocycles. The van der Waals surface area contributed by atoms with Crippen molar-refractivity contribution in [1.82, 2.24) is 0 Å². The van der Waals surface area contributed by atoms with Gasteiger partial charge < -0.3 is 23.7 Å². The Labute approximate surface area is 266 Å². The predicted octanol–water partition coefficient (Wildman–Crippen LogP) is 5.12. The maximum absolute atomic E-state index is 14.3. The van der Waals surface area contributed by atoms with E-state index in [0.29, 0.717) is 15.5 Å².